The molecule has 3 aromatic rings. The fourth-order valence-corrected chi connectivity index (χ4v) is 2.03. The number of phenolic OH excluding ortho intramolecular Hbond substituents is 3. The van der Waals surface area contributed by atoms with Gasteiger partial charge in [-0.3, -0.25) is 0 Å². The predicted molar refractivity (Wildman–Crippen MR) is 79.6 cm³/mol. The number of hydrogen-bond donors (Lipinski definition) is 3. The Morgan fingerprint density at radius 2 is 1.43 bits per heavy atom. The van der Waals surface area contributed by atoms with Crippen molar-refractivity contribution in [2.45, 2.75) is 0 Å². The smallest absolute Gasteiger partial charge is 0.159 e. The van der Waals surface area contributed by atoms with E-state index in [-0.39, 0.29) is 17.2 Å². The van der Waals surface area contributed by atoms with Gasteiger partial charge in [0, 0.05) is 11.5 Å². The molecule has 0 aliphatic heterocycles. The van der Waals surface area contributed by atoms with Crippen molar-refractivity contribution in [1.29, 1.82) is 0 Å². The summed E-state index contributed by atoms with van der Waals surface area (Å²) in [5, 5.41) is 38.4. The van der Waals surface area contributed by atoms with Gasteiger partial charge in [-0.1, -0.05) is 30.3 Å². The minimum absolute atomic E-state index is 0.0282. The van der Waals surface area contributed by atoms with Crippen LogP contribution in [0.15, 0.2) is 64.8 Å². The summed E-state index contributed by atoms with van der Waals surface area (Å²) in [6.45, 7) is 0. The molecule has 0 aliphatic carbocycles. The zero-order chi connectivity index (χ0) is 14.8. The monoisotopic (exact) mass is 280 g/mol. The van der Waals surface area contributed by atoms with Crippen LogP contribution < -0.4 is 0 Å². The highest BCUT2D eigenvalue weighted by Gasteiger charge is 2.06. The third-order valence-electron chi connectivity index (χ3n) is 3.10. The highest BCUT2D eigenvalue weighted by atomic mass is 16.3. The Hall–Kier alpha value is -3.08. The van der Waals surface area contributed by atoms with Crippen LogP contribution in [0.25, 0.3) is 10.8 Å². The molecule has 0 radical (unpaired) electrons. The molecule has 0 saturated heterocycles. The van der Waals surface area contributed by atoms with Crippen molar-refractivity contribution in [3.8, 4) is 17.2 Å². The van der Waals surface area contributed by atoms with E-state index in [4.69, 9.17) is 0 Å². The summed E-state index contributed by atoms with van der Waals surface area (Å²) >= 11 is 0. The summed E-state index contributed by atoms with van der Waals surface area (Å²) in [5.74, 6) is -0.462. The third kappa shape index (κ3) is 2.49. The molecule has 0 unspecified atom stereocenters. The molecule has 0 aromatic heterocycles. The average molecular weight is 280 g/mol. The Morgan fingerprint density at radius 1 is 0.667 bits per heavy atom. The van der Waals surface area contributed by atoms with Gasteiger partial charge in [-0.25, -0.2) is 0 Å². The number of rotatable bonds is 2. The van der Waals surface area contributed by atoms with Crippen LogP contribution in [-0.4, -0.2) is 15.3 Å². The average Bonchev–Trinajstić information content (AvgIpc) is 2.50. The van der Waals surface area contributed by atoms with E-state index in [0.29, 0.717) is 11.4 Å². The first-order chi connectivity index (χ1) is 10.1. The SMILES string of the molecule is Oc1ccc(N=Nc2c(O)ccc3ccccc23)cc1O. The molecule has 3 aromatic carbocycles. The van der Waals surface area contributed by atoms with Gasteiger partial charge in [0.1, 0.15) is 11.4 Å². The van der Waals surface area contributed by atoms with Crippen molar-refractivity contribution in [3.63, 3.8) is 0 Å². The van der Waals surface area contributed by atoms with E-state index >= 15 is 0 Å². The zero-order valence-electron chi connectivity index (χ0n) is 10.9. The molecule has 5 nitrogen and oxygen atoms in total. The number of phenols is 3. The molecule has 3 rings (SSSR count). The second-order valence-corrected chi connectivity index (χ2v) is 4.53. The number of nitrogens with zero attached hydrogens (tertiary/aromatic N) is 2. The minimum Gasteiger partial charge on any atom is -0.506 e. The molecule has 0 fully saturated rings. The molecule has 104 valence electrons. The van der Waals surface area contributed by atoms with Gasteiger partial charge < -0.3 is 15.3 Å². The maximum atomic E-state index is 9.94. The van der Waals surface area contributed by atoms with Crippen LogP contribution in [-0.2, 0) is 0 Å². The van der Waals surface area contributed by atoms with Gasteiger partial charge in [0.15, 0.2) is 11.5 Å². The lowest BCUT2D eigenvalue weighted by Gasteiger charge is -2.03. The number of hydrogen-bond acceptors (Lipinski definition) is 5. The third-order valence-corrected chi connectivity index (χ3v) is 3.10. The van der Waals surface area contributed by atoms with E-state index in [2.05, 4.69) is 10.2 Å². The van der Waals surface area contributed by atoms with Crippen molar-refractivity contribution in [2.75, 3.05) is 0 Å². The largest absolute Gasteiger partial charge is 0.506 e. The molecular weight excluding hydrogens is 268 g/mol. The Balaban J connectivity index is 2.06. The van der Waals surface area contributed by atoms with E-state index < -0.39 is 0 Å². The topological polar surface area (TPSA) is 85.4 Å². The van der Waals surface area contributed by atoms with Gasteiger partial charge in [0.05, 0.1) is 5.69 Å². The van der Waals surface area contributed by atoms with Crippen molar-refractivity contribution < 1.29 is 15.3 Å². The molecule has 0 spiro atoms. The lowest BCUT2D eigenvalue weighted by atomic mass is 10.1. The number of azo groups is 1. The second-order valence-electron chi connectivity index (χ2n) is 4.53. The molecule has 0 saturated carbocycles. The molecule has 0 atom stereocenters. The number of fused-ring (bicyclic) bond motifs is 1. The summed E-state index contributed by atoms with van der Waals surface area (Å²) in [6.07, 6.45) is 0. The molecule has 3 N–H and O–H groups in total. The van der Waals surface area contributed by atoms with Gasteiger partial charge in [-0.2, -0.15) is 5.11 Å². The molecule has 21 heavy (non-hydrogen) atoms. The Morgan fingerprint density at radius 3 is 2.24 bits per heavy atom. The summed E-state index contributed by atoms with van der Waals surface area (Å²) in [5.41, 5.74) is 0.735. The Kier molecular flexibility index (Phi) is 3.16. The highest BCUT2D eigenvalue weighted by Crippen LogP contribution is 2.36. The van der Waals surface area contributed by atoms with E-state index in [0.717, 1.165) is 10.8 Å². The van der Waals surface area contributed by atoms with Gasteiger partial charge in [-0.15, -0.1) is 5.11 Å². The van der Waals surface area contributed by atoms with Crippen LogP contribution in [0.4, 0.5) is 11.4 Å². The normalized spacial score (nSPS) is 11.2. The van der Waals surface area contributed by atoms with E-state index in [1.165, 1.54) is 18.2 Å². The van der Waals surface area contributed by atoms with E-state index in [1.54, 1.807) is 12.1 Å². The standard InChI is InChI=1S/C16H12N2O3/c19-13-8-6-11(9-15(13)21)17-18-16-12-4-2-1-3-10(12)5-7-14(16)20/h1-9,19-21H. The van der Waals surface area contributed by atoms with Crippen LogP contribution in [0.3, 0.4) is 0 Å². The molecular formula is C16H12N2O3. The van der Waals surface area contributed by atoms with Crippen molar-refractivity contribution in [2.24, 2.45) is 10.2 Å². The van der Waals surface area contributed by atoms with Crippen molar-refractivity contribution in [3.05, 3.63) is 54.6 Å². The molecule has 5 heteroatoms. The first kappa shape index (κ1) is 12.9. The highest BCUT2D eigenvalue weighted by molar-refractivity contribution is 5.95. The quantitative estimate of drug-likeness (QED) is 0.481. The van der Waals surface area contributed by atoms with Gasteiger partial charge in [0.2, 0.25) is 0 Å². The summed E-state index contributed by atoms with van der Waals surface area (Å²) in [4.78, 5) is 0. The molecule has 0 bridgehead atoms. The van der Waals surface area contributed by atoms with Gasteiger partial charge in [-0.05, 0) is 23.6 Å². The first-order valence-corrected chi connectivity index (χ1v) is 6.29. The maximum absolute atomic E-state index is 9.94. The second kappa shape index (κ2) is 5.13. The predicted octanol–water partition coefficient (Wildman–Crippen LogP) is 4.37. The fraction of sp³-hybridized carbons (Fsp3) is 0. The van der Waals surface area contributed by atoms with E-state index in [9.17, 15) is 15.3 Å². The van der Waals surface area contributed by atoms with Crippen LogP contribution in [0.2, 0.25) is 0 Å². The number of aromatic hydroxyl groups is 3. The van der Waals surface area contributed by atoms with Crippen molar-refractivity contribution in [1.82, 2.24) is 0 Å². The Bertz CT molecular complexity index is 844. The van der Waals surface area contributed by atoms with Gasteiger partial charge >= 0.3 is 0 Å². The summed E-state index contributed by atoms with van der Waals surface area (Å²) < 4.78 is 0. The lowest BCUT2D eigenvalue weighted by Crippen LogP contribution is -1.75. The molecule has 0 aliphatic rings. The van der Waals surface area contributed by atoms with E-state index in [1.807, 2.05) is 24.3 Å². The van der Waals surface area contributed by atoms with Crippen LogP contribution in [0.1, 0.15) is 0 Å². The van der Waals surface area contributed by atoms with Crippen molar-refractivity contribution >= 4 is 22.1 Å². The van der Waals surface area contributed by atoms with Crippen LogP contribution >= 0.6 is 0 Å². The fourth-order valence-electron chi connectivity index (χ4n) is 2.03. The lowest BCUT2D eigenvalue weighted by molar-refractivity contribution is 0.404. The van der Waals surface area contributed by atoms with Crippen LogP contribution in [0.5, 0.6) is 17.2 Å². The maximum Gasteiger partial charge on any atom is 0.159 e. The van der Waals surface area contributed by atoms with Crippen LogP contribution in [0, 0.1) is 0 Å². The first-order valence-electron chi connectivity index (χ1n) is 6.29. The zero-order valence-corrected chi connectivity index (χ0v) is 10.9. The molecule has 0 amide bonds. The number of benzene rings is 3. The minimum atomic E-state index is -0.270. The summed E-state index contributed by atoms with van der Waals surface area (Å²) in [7, 11) is 0. The molecule has 0 heterocycles. The Labute approximate surface area is 120 Å². The summed E-state index contributed by atoms with van der Waals surface area (Å²) in [6, 6.07) is 15.0. The van der Waals surface area contributed by atoms with Gasteiger partial charge in [0.25, 0.3) is 0 Å².